The summed E-state index contributed by atoms with van der Waals surface area (Å²) in [7, 11) is 0. The van der Waals surface area contributed by atoms with Gasteiger partial charge in [-0.25, -0.2) is 9.07 Å². The van der Waals surface area contributed by atoms with Gasteiger partial charge in [0.05, 0.1) is 24.6 Å². The lowest BCUT2D eigenvalue weighted by Crippen LogP contribution is -2.48. The zero-order chi connectivity index (χ0) is 21.9. The van der Waals surface area contributed by atoms with Crippen LogP contribution in [0, 0.1) is 12.7 Å². The van der Waals surface area contributed by atoms with Crippen molar-refractivity contribution in [3.8, 4) is 16.9 Å². The van der Waals surface area contributed by atoms with Crippen LogP contribution < -0.4 is 0 Å². The van der Waals surface area contributed by atoms with E-state index in [1.54, 1.807) is 0 Å². The Hall–Kier alpha value is -2.54. The molecular formula is C26H31FN4O. The number of halogens is 1. The smallest absolute Gasteiger partial charge is 0.123 e. The van der Waals surface area contributed by atoms with Gasteiger partial charge in [0, 0.05) is 43.0 Å². The summed E-state index contributed by atoms with van der Waals surface area (Å²) in [6.07, 6.45) is 4.52. The summed E-state index contributed by atoms with van der Waals surface area (Å²) < 4.78 is 21.0. The third-order valence-corrected chi connectivity index (χ3v) is 6.72. The summed E-state index contributed by atoms with van der Waals surface area (Å²) in [6, 6.07) is 15.7. The summed E-state index contributed by atoms with van der Waals surface area (Å²) in [5.41, 5.74) is 5.33. The molecule has 0 bridgehead atoms. The summed E-state index contributed by atoms with van der Waals surface area (Å²) in [5, 5.41) is 4.91. The van der Waals surface area contributed by atoms with E-state index in [1.165, 1.54) is 36.1 Å². The molecule has 0 radical (unpaired) electrons. The van der Waals surface area contributed by atoms with Gasteiger partial charge < -0.3 is 4.74 Å². The number of ether oxygens (including phenoxy) is 1. The van der Waals surface area contributed by atoms with E-state index < -0.39 is 0 Å². The van der Waals surface area contributed by atoms with Crippen LogP contribution in [0.25, 0.3) is 16.9 Å². The van der Waals surface area contributed by atoms with Crippen LogP contribution in [0.3, 0.4) is 0 Å². The molecule has 2 saturated heterocycles. The Bertz CT molecular complexity index is 1020. The monoisotopic (exact) mass is 434 g/mol. The molecule has 5 rings (SSSR count). The molecule has 2 aromatic carbocycles. The van der Waals surface area contributed by atoms with E-state index >= 15 is 0 Å². The van der Waals surface area contributed by atoms with E-state index in [2.05, 4.69) is 47.2 Å². The predicted molar refractivity (Wildman–Crippen MR) is 124 cm³/mol. The molecule has 5 nitrogen and oxygen atoms in total. The van der Waals surface area contributed by atoms with Crippen molar-refractivity contribution in [1.82, 2.24) is 19.6 Å². The van der Waals surface area contributed by atoms with Crippen LogP contribution in [-0.2, 0) is 11.3 Å². The third-order valence-electron chi connectivity index (χ3n) is 6.72. The molecule has 2 aliphatic heterocycles. The molecule has 0 amide bonds. The topological polar surface area (TPSA) is 33.5 Å². The first-order valence-corrected chi connectivity index (χ1v) is 11.6. The number of piperidine rings is 1. The maximum atomic E-state index is 13.5. The van der Waals surface area contributed by atoms with Crippen LogP contribution in [0.15, 0.2) is 54.7 Å². The van der Waals surface area contributed by atoms with Crippen LogP contribution in [0.2, 0.25) is 0 Å². The number of rotatable bonds is 5. The van der Waals surface area contributed by atoms with Gasteiger partial charge in [0.2, 0.25) is 0 Å². The van der Waals surface area contributed by atoms with Crippen molar-refractivity contribution in [2.45, 2.75) is 32.4 Å². The van der Waals surface area contributed by atoms with Crippen molar-refractivity contribution < 1.29 is 9.13 Å². The number of benzene rings is 2. The second-order valence-electron chi connectivity index (χ2n) is 8.95. The number of hydrogen-bond donors (Lipinski definition) is 0. The van der Waals surface area contributed by atoms with E-state index in [1.807, 2.05) is 16.8 Å². The Morgan fingerprint density at radius 2 is 1.62 bits per heavy atom. The molecule has 0 aliphatic carbocycles. The standard InChI is InChI=1S/C26H31FN4O/c1-20-2-8-25(9-3-20)31-19-22(26(28-31)21-4-6-23(27)7-5-21)18-29-12-10-24(11-13-29)30-14-16-32-17-15-30/h2-9,19,24H,10-18H2,1H3. The average Bonchev–Trinajstić information content (AvgIpc) is 3.25. The van der Waals surface area contributed by atoms with Crippen LogP contribution in [0.1, 0.15) is 24.0 Å². The number of hydrogen-bond acceptors (Lipinski definition) is 4. The molecule has 6 heteroatoms. The molecule has 0 atom stereocenters. The first-order chi connectivity index (χ1) is 15.7. The van der Waals surface area contributed by atoms with Crippen LogP contribution >= 0.6 is 0 Å². The highest BCUT2D eigenvalue weighted by Gasteiger charge is 2.26. The van der Waals surface area contributed by atoms with Gasteiger partial charge in [-0.1, -0.05) is 17.7 Å². The third kappa shape index (κ3) is 4.77. The van der Waals surface area contributed by atoms with Gasteiger partial charge >= 0.3 is 0 Å². The van der Waals surface area contributed by atoms with E-state index in [9.17, 15) is 4.39 Å². The Morgan fingerprint density at radius 3 is 2.31 bits per heavy atom. The lowest BCUT2D eigenvalue weighted by molar-refractivity contribution is 0.000241. The second-order valence-corrected chi connectivity index (χ2v) is 8.95. The fraction of sp³-hybridized carbons (Fsp3) is 0.423. The molecule has 0 spiro atoms. The summed E-state index contributed by atoms with van der Waals surface area (Å²) >= 11 is 0. The number of nitrogens with zero attached hydrogens (tertiary/aromatic N) is 4. The summed E-state index contributed by atoms with van der Waals surface area (Å²) in [5.74, 6) is -0.224. The summed E-state index contributed by atoms with van der Waals surface area (Å²) in [6.45, 7) is 8.95. The molecular weight excluding hydrogens is 403 g/mol. The second kappa shape index (κ2) is 9.53. The lowest BCUT2D eigenvalue weighted by Gasteiger charge is -2.40. The number of aryl methyl sites for hydroxylation is 1. The zero-order valence-corrected chi connectivity index (χ0v) is 18.7. The molecule has 2 aliphatic rings. The van der Waals surface area contributed by atoms with Gasteiger partial charge in [-0.2, -0.15) is 5.10 Å². The highest BCUT2D eigenvalue weighted by molar-refractivity contribution is 5.63. The van der Waals surface area contributed by atoms with Crippen molar-refractivity contribution in [3.05, 3.63) is 71.7 Å². The number of likely N-dealkylation sites (tertiary alicyclic amines) is 1. The average molecular weight is 435 g/mol. The zero-order valence-electron chi connectivity index (χ0n) is 18.7. The molecule has 1 aromatic heterocycles. The maximum Gasteiger partial charge on any atom is 0.123 e. The lowest BCUT2D eigenvalue weighted by atomic mass is 10.0. The minimum atomic E-state index is -0.224. The fourth-order valence-corrected chi connectivity index (χ4v) is 4.83. The molecule has 0 unspecified atom stereocenters. The Kier molecular flexibility index (Phi) is 6.35. The van der Waals surface area contributed by atoms with Crippen molar-refractivity contribution in [2.75, 3.05) is 39.4 Å². The van der Waals surface area contributed by atoms with Crippen molar-refractivity contribution in [3.63, 3.8) is 0 Å². The highest BCUT2D eigenvalue weighted by Crippen LogP contribution is 2.27. The molecule has 168 valence electrons. The fourth-order valence-electron chi connectivity index (χ4n) is 4.83. The Labute approximate surface area is 189 Å². The number of aromatic nitrogens is 2. The molecule has 0 N–H and O–H groups in total. The van der Waals surface area contributed by atoms with E-state index in [-0.39, 0.29) is 5.82 Å². The normalized spacial score (nSPS) is 18.8. The minimum absolute atomic E-state index is 0.224. The van der Waals surface area contributed by atoms with Crippen LogP contribution in [0.5, 0.6) is 0 Å². The van der Waals surface area contributed by atoms with Crippen molar-refractivity contribution >= 4 is 0 Å². The maximum absolute atomic E-state index is 13.5. The SMILES string of the molecule is Cc1ccc(-n2cc(CN3CCC(N4CCOCC4)CC3)c(-c3ccc(F)cc3)n2)cc1. The van der Waals surface area contributed by atoms with E-state index in [0.717, 1.165) is 62.9 Å². The van der Waals surface area contributed by atoms with Gasteiger partial charge in [-0.15, -0.1) is 0 Å². The van der Waals surface area contributed by atoms with Crippen molar-refractivity contribution in [1.29, 1.82) is 0 Å². The number of morpholine rings is 1. The largest absolute Gasteiger partial charge is 0.379 e. The molecule has 3 heterocycles. The molecule has 2 fully saturated rings. The first kappa shape index (κ1) is 21.3. The Balaban J connectivity index is 1.35. The van der Waals surface area contributed by atoms with E-state index in [4.69, 9.17) is 9.84 Å². The summed E-state index contributed by atoms with van der Waals surface area (Å²) in [4.78, 5) is 5.13. The predicted octanol–water partition coefficient (Wildman–Crippen LogP) is 4.28. The quantitative estimate of drug-likeness (QED) is 0.600. The van der Waals surface area contributed by atoms with E-state index in [0.29, 0.717) is 6.04 Å². The van der Waals surface area contributed by atoms with Gasteiger partial charge in [-0.3, -0.25) is 9.80 Å². The van der Waals surface area contributed by atoms with Crippen molar-refractivity contribution in [2.24, 2.45) is 0 Å². The van der Waals surface area contributed by atoms with Crippen LogP contribution in [-0.4, -0.2) is 65.0 Å². The van der Waals surface area contributed by atoms with Gasteiger partial charge in [0.1, 0.15) is 5.82 Å². The van der Waals surface area contributed by atoms with Gasteiger partial charge in [0.25, 0.3) is 0 Å². The molecule has 0 saturated carbocycles. The van der Waals surface area contributed by atoms with Gasteiger partial charge in [-0.05, 0) is 69.3 Å². The Morgan fingerprint density at radius 1 is 0.938 bits per heavy atom. The molecule has 32 heavy (non-hydrogen) atoms. The van der Waals surface area contributed by atoms with Gasteiger partial charge in [0.15, 0.2) is 0 Å². The highest BCUT2D eigenvalue weighted by atomic mass is 19.1. The minimum Gasteiger partial charge on any atom is -0.379 e. The molecule has 3 aromatic rings. The first-order valence-electron chi connectivity index (χ1n) is 11.6. The van der Waals surface area contributed by atoms with Crippen LogP contribution in [0.4, 0.5) is 4.39 Å².